The molecule has 1 heterocycles. The fourth-order valence-electron chi connectivity index (χ4n) is 1.99. The molecule has 0 saturated carbocycles. The predicted molar refractivity (Wildman–Crippen MR) is 67.6 cm³/mol. The van der Waals surface area contributed by atoms with Crippen molar-refractivity contribution in [2.75, 3.05) is 0 Å². The van der Waals surface area contributed by atoms with Crippen molar-refractivity contribution in [3.05, 3.63) is 44.6 Å². The van der Waals surface area contributed by atoms with Crippen LogP contribution in [0.25, 0.3) is 10.9 Å². The third-order valence-electron chi connectivity index (χ3n) is 2.74. The molecule has 2 aromatic rings. The Balaban J connectivity index is 2.98. The van der Waals surface area contributed by atoms with Crippen LogP contribution in [0.15, 0.2) is 27.8 Å². The largest absolute Gasteiger partial charge is 0.366 e. The number of benzene rings is 1. The number of carbonyl (C=O) groups is 1. The lowest BCUT2D eigenvalue weighted by molar-refractivity contribution is 0.100. The normalized spacial score (nSPS) is 10.7. The van der Waals surface area contributed by atoms with E-state index in [2.05, 4.69) is 4.98 Å². The second kappa shape index (κ2) is 4.48. The Hall–Kier alpha value is -2.37. The van der Waals surface area contributed by atoms with Crippen LogP contribution in [-0.4, -0.2) is 15.5 Å². The third kappa shape index (κ3) is 1.81. The summed E-state index contributed by atoms with van der Waals surface area (Å²) < 4.78 is 1.43. The fraction of sp³-hybridized carbons (Fsp3) is 0.250. The van der Waals surface area contributed by atoms with Crippen molar-refractivity contribution in [1.82, 2.24) is 9.55 Å². The van der Waals surface area contributed by atoms with Gasteiger partial charge in [0, 0.05) is 6.54 Å². The number of aryl methyl sites for hydroxylation is 1. The highest BCUT2D eigenvalue weighted by Gasteiger charge is 2.13. The molecule has 2 rings (SSSR count). The van der Waals surface area contributed by atoms with E-state index in [9.17, 15) is 14.4 Å². The summed E-state index contributed by atoms with van der Waals surface area (Å²) in [5.74, 6) is -0.687. The molecule has 0 unspecified atom stereocenters. The van der Waals surface area contributed by atoms with E-state index in [-0.39, 0.29) is 10.9 Å². The highest BCUT2D eigenvalue weighted by atomic mass is 16.2. The molecule has 1 aromatic carbocycles. The molecule has 0 radical (unpaired) electrons. The summed E-state index contributed by atoms with van der Waals surface area (Å²) in [6.45, 7) is 2.38. The first-order valence-electron chi connectivity index (χ1n) is 5.62. The van der Waals surface area contributed by atoms with Crippen LogP contribution in [0.2, 0.25) is 0 Å². The van der Waals surface area contributed by atoms with Gasteiger partial charge in [-0.2, -0.15) is 0 Å². The van der Waals surface area contributed by atoms with Gasteiger partial charge >= 0.3 is 5.69 Å². The zero-order valence-electron chi connectivity index (χ0n) is 9.90. The lowest BCUT2D eigenvalue weighted by Gasteiger charge is -2.09. The number of nitrogens with one attached hydrogen (secondary N) is 1. The smallest absolute Gasteiger partial charge is 0.328 e. The van der Waals surface area contributed by atoms with Crippen molar-refractivity contribution in [2.45, 2.75) is 19.9 Å². The molecule has 1 aromatic heterocycles. The Labute approximate surface area is 102 Å². The number of rotatable bonds is 3. The molecule has 0 aliphatic carbocycles. The fourth-order valence-corrected chi connectivity index (χ4v) is 1.99. The van der Waals surface area contributed by atoms with Gasteiger partial charge in [-0.15, -0.1) is 0 Å². The number of carbonyl (C=O) groups excluding carboxylic acids is 1. The molecule has 0 aliphatic rings. The number of nitrogens with two attached hydrogens (primary N) is 1. The van der Waals surface area contributed by atoms with Crippen molar-refractivity contribution in [2.24, 2.45) is 5.73 Å². The van der Waals surface area contributed by atoms with Gasteiger partial charge in [-0.05, 0) is 18.6 Å². The lowest BCUT2D eigenvalue weighted by atomic mass is 10.1. The maximum atomic E-state index is 11.8. The third-order valence-corrected chi connectivity index (χ3v) is 2.74. The van der Waals surface area contributed by atoms with E-state index in [1.165, 1.54) is 10.6 Å². The number of hydrogen-bond donors (Lipinski definition) is 2. The monoisotopic (exact) mass is 247 g/mol. The van der Waals surface area contributed by atoms with Crippen molar-refractivity contribution in [1.29, 1.82) is 0 Å². The van der Waals surface area contributed by atoms with Gasteiger partial charge in [0.15, 0.2) is 0 Å². The number of aromatic amines is 1. The molecule has 6 nitrogen and oxygen atoms in total. The van der Waals surface area contributed by atoms with Crippen molar-refractivity contribution >= 4 is 16.8 Å². The van der Waals surface area contributed by atoms with E-state index in [1.807, 2.05) is 6.92 Å². The predicted octanol–water partition coefficient (Wildman–Crippen LogP) is 0.199. The number of primary amides is 1. The summed E-state index contributed by atoms with van der Waals surface area (Å²) in [6, 6.07) is 4.71. The molecule has 0 spiro atoms. The number of hydrogen-bond acceptors (Lipinski definition) is 3. The zero-order chi connectivity index (χ0) is 13.3. The Morgan fingerprint density at radius 1 is 1.39 bits per heavy atom. The van der Waals surface area contributed by atoms with Crippen LogP contribution in [-0.2, 0) is 6.54 Å². The van der Waals surface area contributed by atoms with Gasteiger partial charge in [0.05, 0.1) is 16.5 Å². The topological polar surface area (TPSA) is 97.9 Å². The maximum absolute atomic E-state index is 11.8. The van der Waals surface area contributed by atoms with Gasteiger partial charge in [-0.25, -0.2) is 4.79 Å². The summed E-state index contributed by atoms with van der Waals surface area (Å²) in [6.07, 6.45) is 0.738. The SMILES string of the molecule is CCCn1c(=O)[nH]c(=O)c2c(C(N)=O)cccc21. The average molecular weight is 247 g/mol. The van der Waals surface area contributed by atoms with E-state index >= 15 is 0 Å². The summed E-state index contributed by atoms with van der Waals surface area (Å²) in [4.78, 5) is 37.0. The Kier molecular flexibility index (Phi) is 3.01. The second-order valence-corrected chi connectivity index (χ2v) is 3.97. The molecule has 0 bridgehead atoms. The van der Waals surface area contributed by atoms with E-state index in [0.29, 0.717) is 12.1 Å². The van der Waals surface area contributed by atoms with E-state index in [4.69, 9.17) is 5.73 Å². The molecular formula is C12H13N3O3. The van der Waals surface area contributed by atoms with Gasteiger partial charge < -0.3 is 5.73 Å². The Morgan fingerprint density at radius 3 is 2.72 bits per heavy atom. The highest BCUT2D eigenvalue weighted by molar-refractivity contribution is 6.05. The van der Waals surface area contributed by atoms with E-state index in [0.717, 1.165) is 6.42 Å². The van der Waals surface area contributed by atoms with Crippen LogP contribution in [0.5, 0.6) is 0 Å². The number of fused-ring (bicyclic) bond motifs is 1. The standard InChI is InChI=1S/C12H13N3O3/c1-2-6-15-8-5-3-4-7(10(13)16)9(8)11(17)14-12(15)18/h3-5H,2,6H2,1H3,(H2,13,16)(H,14,17,18). The molecular weight excluding hydrogens is 234 g/mol. The average Bonchev–Trinajstić information content (AvgIpc) is 2.33. The first-order chi connectivity index (χ1) is 8.56. The molecule has 0 fully saturated rings. The van der Waals surface area contributed by atoms with Gasteiger partial charge in [0.2, 0.25) is 5.91 Å². The van der Waals surface area contributed by atoms with Gasteiger partial charge in [-0.1, -0.05) is 13.0 Å². The second-order valence-electron chi connectivity index (χ2n) is 3.97. The zero-order valence-corrected chi connectivity index (χ0v) is 9.90. The molecule has 0 aliphatic heterocycles. The molecule has 1 amide bonds. The first kappa shape index (κ1) is 12.1. The van der Waals surface area contributed by atoms with Crippen LogP contribution < -0.4 is 17.0 Å². The van der Waals surface area contributed by atoms with Gasteiger partial charge in [0.1, 0.15) is 0 Å². The quantitative estimate of drug-likeness (QED) is 0.810. The van der Waals surface area contributed by atoms with Crippen LogP contribution >= 0.6 is 0 Å². The van der Waals surface area contributed by atoms with Crippen LogP contribution in [0.3, 0.4) is 0 Å². The molecule has 3 N–H and O–H groups in total. The lowest BCUT2D eigenvalue weighted by Crippen LogP contribution is -2.31. The summed E-state index contributed by atoms with van der Waals surface area (Å²) in [5, 5.41) is 0.165. The first-order valence-corrected chi connectivity index (χ1v) is 5.62. The molecule has 94 valence electrons. The summed E-state index contributed by atoms with van der Waals surface area (Å²) >= 11 is 0. The van der Waals surface area contributed by atoms with Crippen molar-refractivity contribution in [3.63, 3.8) is 0 Å². The Morgan fingerprint density at radius 2 is 2.11 bits per heavy atom. The minimum absolute atomic E-state index is 0.124. The molecule has 18 heavy (non-hydrogen) atoms. The van der Waals surface area contributed by atoms with Crippen LogP contribution in [0, 0.1) is 0 Å². The van der Waals surface area contributed by atoms with Gasteiger partial charge in [-0.3, -0.25) is 19.1 Å². The minimum atomic E-state index is -0.687. The van der Waals surface area contributed by atoms with E-state index < -0.39 is 17.2 Å². The molecule has 0 saturated heterocycles. The van der Waals surface area contributed by atoms with Crippen LogP contribution in [0.1, 0.15) is 23.7 Å². The van der Waals surface area contributed by atoms with E-state index in [1.54, 1.807) is 12.1 Å². The van der Waals surface area contributed by atoms with Crippen LogP contribution in [0.4, 0.5) is 0 Å². The number of aromatic nitrogens is 2. The number of H-pyrrole nitrogens is 1. The van der Waals surface area contributed by atoms with Crippen molar-refractivity contribution in [3.8, 4) is 0 Å². The minimum Gasteiger partial charge on any atom is -0.366 e. The molecule has 0 atom stereocenters. The maximum Gasteiger partial charge on any atom is 0.328 e. The Bertz CT molecular complexity index is 727. The summed E-state index contributed by atoms with van der Waals surface area (Å²) in [7, 11) is 0. The summed E-state index contributed by atoms with van der Waals surface area (Å²) in [5.41, 5.74) is 4.73. The van der Waals surface area contributed by atoms with Gasteiger partial charge in [0.25, 0.3) is 5.56 Å². The number of amides is 1. The van der Waals surface area contributed by atoms with Crippen molar-refractivity contribution < 1.29 is 4.79 Å². The molecule has 6 heteroatoms. The number of nitrogens with zero attached hydrogens (tertiary/aromatic N) is 1. The highest BCUT2D eigenvalue weighted by Crippen LogP contribution is 2.13.